The first kappa shape index (κ1) is 26.0. The largest absolute Gasteiger partial charge is 0.496 e. The second-order valence-corrected chi connectivity index (χ2v) is 10.0. The number of nitrogens with one attached hydrogen (secondary N) is 1. The molecule has 1 heterocycles. The maximum Gasteiger partial charge on any atom is 0.243 e. The summed E-state index contributed by atoms with van der Waals surface area (Å²) >= 11 is 0. The molecule has 1 aliphatic rings. The number of aryl methyl sites for hydroxylation is 2. The summed E-state index contributed by atoms with van der Waals surface area (Å²) in [6.45, 7) is 4.33. The van der Waals surface area contributed by atoms with Crippen LogP contribution in [0, 0.1) is 0 Å². The number of amides is 1. The number of morpholine rings is 1. The molecule has 34 heavy (non-hydrogen) atoms. The Morgan fingerprint density at radius 3 is 2.50 bits per heavy atom. The van der Waals surface area contributed by atoms with E-state index in [1.54, 1.807) is 18.2 Å². The van der Waals surface area contributed by atoms with Gasteiger partial charge in [-0.1, -0.05) is 25.5 Å². The highest BCUT2D eigenvalue weighted by Crippen LogP contribution is 2.26. The van der Waals surface area contributed by atoms with Gasteiger partial charge in [-0.15, -0.1) is 0 Å². The molecule has 0 saturated carbocycles. The number of rotatable bonds is 12. The Morgan fingerprint density at radius 1 is 1.09 bits per heavy atom. The normalized spacial score (nSPS) is 14.5. The zero-order chi connectivity index (χ0) is 24.4. The van der Waals surface area contributed by atoms with Gasteiger partial charge in [0.2, 0.25) is 15.9 Å². The fourth-order valence-electron chi connectivity index (χ4n) is 3.78. The number of nitrogens with zero attached hydrogens (tertiary/aromatic N) is 1. The lowest BCUT2D eigenvalue weighted by Crippen LogP contribution is -2.40. The molecule has 186 valence electrons. The molecule has 2 aromatic rings. The summed E-state index contributed by atoms with van der Waals surface area (Å²) in [5, 5.41) is 2.84. The van der Waals surface area contributed by atoms with E-state index in [2.05, 4.69) is 24.4 Å². The number of carbonyl (C=O) groups excluding carboxylic acids is 1. The lowest BCUT2D eigenvalue weighted by atomic mass is 10.1. The molecular weight excluding hydrogens is 456 g/mol. The van der Waals surface area contributed by atoms with E-state index in [1.807, 2.05) is 12.1 Å². The smallest absolute Gasteiger partial charge is 0.243 e. The summed E-state index contributed by atoms with van der Waals surface area (Å²) in [5.41, 5.74) is 1.95. The monoisotopic (exact) mass is 490 g/mol. The van der Waals surface area contributed by atoms with E-state index in [9.17, 15) is 13.2 Å². The van der Waals surface area contributed by atoms with Crippen LogP contribution in [0.4, 0.5) is 0 Å². The van der Waals surface area contributed by atoms with Crippen LogP contribution < -0.4 is 14.8 Å². The summed E-state index contributed by atoms with van der Waals surface area (Å²) in [6.07, 6.45) is 2.72. The Kier molecular flexibility index (Phi) is 9.74. The minimum Gasteiger partial charge on any atom is -0.496 e. The van der Waals surface area contributed by atoms with E-state index < -0.39 is 10.0 Å². The summed E-state index contributed by atoms with van der Waals surface area (Å²) in [4.78, 5) is 12.5. The predicted octanol–water partition coefficient (Wildman–Crippen LogP) is 2.80. The molecule has 1 aliphatic heterocycles. The number of hydrogen-bond donors (Lipinski definition) is 1. The topological polar surface area (TPSA) is 94.2 Å². The molecule has 0 spiro atoms. The highest BCUT2D eigenvalue weighted by atomic mass is 32.2. The minimum atomic E-state index is -3.62. The lowest BCUT2D eigenvalue weighted by Gasteiger charge is -2.26. The number of benzene rings is 2. The van der Waals surface area contributed by atoms with Crippen molar-refractivity contribution in [3.8, 4) is 11.5 Å². The Hall–Kier alpha value is -2.62. The van der Waals surface area contributed by atoms with Crippen LogP contribution in [0.2, 0.25) is 0 Å². The van der Waals surface area contributed by atoms with Crippen molar-refractivity contribution >= 4 is 15.9 Å². The molecule has 0 unspecified atom stereocenters. The van der Waals surface area contributed by atoms with Crippen LogP contribution in [-0.2, 0) is 32.4 Å². The Morgan fingerprint density at radius 2 is 1.82 bits per heavy atom. The first-order chi connectivity index (χ1) is 16.4. The fourth-order valence-corrected chi connectivity index (χ4v) is 5.24. The molecule has 1 N–H and O–H groups in total. The number of methoxy groups -OCH3 is 1. The van der Waals surface area contributed by atoms with Crippen LogP contribution in [0.1, 0.15) is 30.9 Å². The third-order valence-corrected chi connectivity index (χ3v) is 7.53. The van der Waals surface area contributed by atoms with Gasteiger partial charge in [0.05, 0.1) is 31.8 Å². The van der Waals surface area contributed by atoms with Crippen molar-refractivity contribution in [3.05, 3.63) is 53.6 Å². The van der Waals surface area contributed by atoms with Gasteiger partial charge in [-0.25, -0.2) is 8.42 Å². The van der Waals surface area contributed by atoms with Crippen LogP contribution >= 0.6 is 0 Å². The van der Waals surface area contributed by atoms with Crippen molar-refractivity contribution < 1.29 is 27.4 Å². The molecule has 0 radical (unpaired) electrons. The Bertz CT molecular complexity index is 1030. The molecule has 0 aromatic heterocycles. The maximum atomic E-state index is 13.0. The van der Waals surface area contributed by atoms with Crippen molar-refractivity contribution in [2.45, 2.75) is 37.5 Å². The lowest BCUT2D eigenvalue weighted by molar-refractivity contribution is -0.121. The first-order valence-electron chi connectivity index (χ1n) is 11.7. The molecule has 2 aromatic carbocycles. The molecule has 0 atom stereocenters. The average Bonchev–Trinajstić information content (AvgIpc) is 2.86. The third kappa shape index (κ3) is 7.19. The predicted molar refractivity (Wildman–Crippen MR) is 130 cm³/mol. The fraction of sp³-hybridized carbons (Fsp3) is 0.480. The average molecular weight is 491 g/mol. The van der Waals surface area contributed by atoms with Gasteiger partial charge in [0.15, 0.2) is 0 Å². The van der Waals surface area contributed by atoms with Crippen molar-refractivity contribution in [2.24, 2.45) is 0 Å². The van der Waals surface area contributed by atoms with Crippen molar-refractivity contribution in [2.75, 3.05) is 46.6 Å². The molecule has 0 aliphatic carbocycles. The van der Waals surface area contributed by atoms with Crippen LogP contribution in [0.3, 0.4) is 0 Å². The molecule has 8 nitrogen and oxygen atoms in total. The zero-order valence-electron chi connectivity index (χ0n) is 19.9. The van der Waals surface area contributed by atoms with Crippen molar-refractivity contribution in [1.82, 2.24) is 9.62 Å². The highest BCUT2D eigenvalue weighted by molar-refractivity contribution is 7.89. The van der Waals surface area contributed by atoms with E-state index in [0.717, 1.165) is 18.6 Å². The van der Waals surface area contributed by atoms with Crippen molar-refractivity contribution in [1.29, 1.82) is 0 Å². The van der Waals surface area contributed by atoms with E-state index >= 15 is 0 Å². The van der Waals surface area contributed by atoms with E-state index in [1.165, 1.54) is 17.0 Å². The van der Waals surface area contributed by atoms with Crippen LogP contribution in [0.15, 0.2) is 47.4 Å². The van der Waals surface area contributed by atoms with E-state index in [0.29, 0.717) is 57.2 Å². The summed E-state index contributed by atoms with van der Waals surface area (Å²) in [5.74, 6) is 1.20. The summed E-state index contributed by atoms with van der Waals surface area (Å²) in [7, 11) is -2.09. The number of ether oxygens (including phenoxy) is 3. The molecule has 0 bridgehead atoms. The quantitative estimate of drug-likeness (QED) is 0.460. The maximum absolute atomic E-state index is 13.0. The number of sulfonamides is 1. The summed E-state index contributed by atoms with van der Waals surface area (Å²) in [6, 6.07) is 12.8. The van der Waals surface area contributed by atoms with Crippen LogP contribution in [0.25, 0.3) is 0 Å². The zero-order valence-corrected chi connectivity index (χ0v) is 20.7. The van der Waals surface area contributed by atoms with Gasteiger partial charge in [0.25, 0.3) is 0 Å². The second-order valence-electron chi connectivity index (χ2n) is 8.08. The first-order valence-corrected chi connectivity index (χ1v) is 13.1. The van der Waals surface area contributed by atoms with Gasteiger partial charge in [-0.05, 0) is 54.3 Å². The molecule has 9 heteroatoms. The van der Waals surface area contributed by atoms with Gasteiger partial charge >= 0.3 is 0 Å². The molecule has 1 amide bonds. The second kappa shape index (κ2) is 12.7. The van der Waals surface area contributed by atoms with Gasteiger partial charge in [-0.3, -0.25) is 4.79 Å². The molecule has 1 fully saturated rings. The van der Waals surface area contributed by atoms with Gasteiger partial charge in [0.1, 0.15) is 18.1 Å². The summed E-state index contributed by atoms with van der Waals surface area (Å²) < 4.78 is 43.7. The van der Waals surface area contributed by atoms with Gasteiger partial charge < -0.3 is 19.5 Å². The number of hydrogen-bond acceptors (Lipinski definition) is 6. The van der Waals surface area contributed by atoms with Crippen LogP contribution in [-0.4, -0.2) is 65.2 Å². The SMILES string of the molecule is CCCc1ccc(OCCNC(=O)CCc2cc(S(=O)(=O)N3CCOCC3)ccc2OC)cc1. The minimum absolute atomic E-state index is 0.134. The van der Waals surface area contributed by atoms with E-state index in [4.69, 9.17) is 14.2 Å². The highest BCUT2D eigenvalue weighted by Gasteiger charge is 2.27. The van der Waals surface area contributed by atoms with Gasteiger partial charge in [0, 0.05) is 19.5 Å². The molecule has 3 rings (SSSR count). The Balaban J connectivity index is 1.49. The molecular formula is C25H34N2O6S. The van der Waals surface area contributed by atoms with Gasteiger partial charge in [-0.2, -0.15) is 4.31 Å². The van der Waals surface area contributed by atoms with Crippen molar-refractivity contribution in [3.63, 3.8) is 0 Å². The van der Waals surface area contributed by atoms with Crippen LogP contribution in [0.5, 0.6) is 11.5 Å². The third-order valence-electron chi connectivity index (χ3n) is 5.64. The number of carbonyl (C=O) groups is 1. The van der Waals surface area contributed by atoms with E-state index in [-0.39, 0.29) is 17.2 Å². The molecule has 1 saturated heterocycles. The standard InChI is InChI=1S/C25H34N2O6S/c1-3-4-20-5-8-22(9-6-20)33-16-13-26-25(28)12-7-21-19-23(10-11-24(21)31-2)34(29,30)27-14-17-32-18-15-27/h5-6,8-11,19H,3-4,7,12-18H2,1-2H3,(H,26,28). The Labute approximate surface area is 202 Å².